The Kier molecular flexibility index (Phi) is 5.73. The van der Waals surface area contributed by atoms with Crippen LogP contribution in [0.5, 0.6) is 17.2 Å². The monoisotopic (exact) mass is 385 g/mol. The molecule has 28 heavy (non-hydrogen) atoms. The van der Waals surface area contributed by atoms with Crippen molar-refractivity contribution in [3.8, 4) is 17.2 Å². The Morgan fingerprint density at radius 1 is 1.04 bits per heavy atom. The summed E-state index contributed by atoms with van der Waals surface area (Å²) in [5.41, 5.74) is 1.49. The number of ether oxygens (including phenoxy) is 3. The van der Waals surface area contributed by atoms with Crippen LogP contribution in [0.4, 0.5) is 0 Å². The fraction of sp³-hybridized carbons (Fsp3) is 0.333. The third-order valence-corrected chi connectivity index (χ3v) is 4.94. The summed E-state index contributed by atoms with van der Waals surface area (Å²) in [6, 6.07) is 11.4. The molecule has 7 heteroatoms. The van der Waals surface area contributed by atoms with Gasteiger partial charge in [0.05, 0.1) is 27.4 Å². The van der Waals surface area contributed by atoms with E-state index in [1.54, 1.807) is 12.1 Å². The van der Waals surface area contributed by atoms with Gasteiger partial charge >= 0.3 is 5.97 Å². The van der Waals surface area contributed by atoms with Crippen molar-refractivity contribution in [3.63, 3.8) is 0 Å². The lowest BCUT2D eigenvalue weighted by Gasteiger charge is -2.33. The van der Waals surface area contributed by atoms with Crippen LogP contribution < -0.4 is 14.2 Å². The number of carbonyl (C=O) groups is 2. The molecular weight excluding hydrogens is 362 g/mol. The van der Waals surface area contributed by atoms with Crippen molar-refractivity contribution >= 4 is 11.9 Å². The molecule has 1 aliphatic heterocycles. The molecule has 0 aliphatic carbocycles. The SMILES string of the molecule is COc1cc(C(c2ccccc2)N2C(=O)CCC2C(=O)O)cc(OC)c1OC. The summed E-state index contributed by atoms with van der Waals surface area (Å²) in [6.45, 7) is 0. The van der Waals surface area contributed by atoms with Crippen LogP contribution in [0.2, 0.25) is 0 Å². The Morgan fingerprint density at radius 2 is 1.64 bits per heavy atom. The first kappa shape index (κ1) is 19.5. The Bertz CT molecular complexity index is 841. The highest BCUT2D eigenvalue weighted by atomic mass is 16.5. The van der Waals surface area contributed by atoms with Gasteiger partial charge in [-0.3, -0.25) is 4.79 Å². The minimum atomic E-state index is -1.01. The number of amides is 1. The summed E-state index contributed by atoms with van der Waals surface area (Å²) in [6.07, 6.45) is 0.479. The van der Waals surface area contributed by atoms with E-state index in [9.17, 15) is 14.7 Å². The van der Waals surface area contributed by atoms with E-state index in [0.717, 1.165) is 5.56 Å². The van der Waals surface area contributed by atoms with Gasteiger partial charge < -0.3 is 24.2 Å². The highest BCUT2D eigenvalue weighted by Gasteiger charge is 2.42. The van der Waals surface area contributed by atoms with Crippen molar-refractivity contribution < 1.29 is 28.9 Å². The fourth-order valence-electron chi connectivity index (χ4n) is 3.68. The van der Waals surface area contributed by atoms with Gasteiger partial charge in [0.25, 0.3) is 0 Å². The van der Waals surface area contributed by atoms with Crippen LogP contribution in [0.15, 0.2) is 42.5 Å². The van der Waals surface area contributed by atoms with Gasteiger partial charge in [-0.2, -0.15) is 0 Å². The Hall–Kier alpha value is -3.22. The maximum absolute atomic E-state index is 12.7. The van der Waals surface area contributed by atoms with E-state index >= 15 is 0 Å². The molecule has 1 aliphatic rings. The largest absolute Gasteiger partial charge is 0.493 e. The number of hydrogen-bond donors (Lipinski definition) is 1. The van der Waals surface area contributed by atoms with Crippen molar-refractivity contribution in [3.05, 3.63) is 53.6 Å². The quantitative estimate of drug-likeness (QED) is 0.789. The number of benzene rings is 2. The van der Waals surface area contributed by atoms with Crippen molar-refractivity contribution in [1.82, 2.24) is 4.90 Å². The number of hydrogen-bond acceptors (Lipinski definition) is 5. The molecule has 1 amide bonds. The van der Waals surface area contributed by atoms with Crippen LogP contribution in [0.25, 0.3) is 0 Å². The fourth-order valence-corrected chi connectivity index (χ4v) is 3.68. The molecule has 3 rings (SSSR count). The second-order valence-electron chi connectivity index (χ2n) is 6.47. The second-order valence-corrected chi connectivity index (χ2v) is 6.47. The van der Waals surface area contributed by atoms with E-state index in [2.05, 4.69) is 0 Å². The lowest BCUT2D eigenvalue weighted by atomic mass is 9.95. The summed E-state index contributed by atoms with van der Waals surface area (Å²) in [5.74, 6) is 0.102. The van der Waals surface area contributed by atoms with E-state index in [-0.39, 0.29) is 18.7 Å². The average Bonchev–Trinajstić information content (AvgIpc) is 3.09. The average molecular weight is 385 g/mol. The maximum atomic E-state index is 12.7. The second kappa shape index (κ2) is 8.21. The molecule has 2 atom stereocenters. The molecule has 1 heterocycles. The molecular formula is C21H23NO6. The summed E-state index contributed by atoms with van der Waals surface area (Å²) in [4.78, 5) is 25.9. The van der Waals surface area contributed by atoms with Crippen LogP contribution in [0, 0.1) is 0 Å². The topological polar surface area (TPSA) is 85.3 Å². The van der Waals surface area contributed by atoms with Gasteiger partial charge in [-0.15, -0.1) is 0 Å². The van der Waals surface area contributed by atoms with Crippen LogP contribution in [0.3, 0.4) is 0 Å². The van der Waals surface area contributed by atoms with Crippen LogP contribution in [-0.4, -0.2) is 49.3 Å². The molecule has 7 nitrogen and oxygen atoms in total. The van der Waals surface area contributed by atoms with Gasteiger partial charge in [0.1, 0.15) is 6.04 Å². The van der Waals surface area contributed by atoms with E-state index in [4.69, 9.17) is 14.2 Å². The molecule has 0 bridgehead atoms. The molecule has 0 saturated carbocycles. The molecule has 2 aromatic rings. The molecule has 148 valence electrons. The molecule has 0 aromatic heterocycles. The number of carboxylic acid groups (broad SMARTS) is 1. The summed E-state index contributed by atoms with van der Waals surface area (Å²) in [7, 11) is 4.54. The van der Waals surface area contributed by atoms with Crippen LogP contribution in [0.1, 0.15) is 30.0 Å². The van der Waals surface area contributed by atoms with E-state index in [1.165, 1.54) is 26.2 Å². The number of aliphatic carboxylic acids is 1. The third kappa shape index (κ3) is 3.47. The Balaban J connectivity index is 2.21. The molecule has 1 fully saturated rings. The first-order valence-electron chi connectivity index (χ1n) is 8.90. The van der Waals surface area contributed by atoms with Gasteiger partial charge in [-0.25, -0.2) is 4.79 Å². The van der Waals surface area contributed by atoms with Gasteiger partial charge in [0.2, 0.25) is 11.7 Å². The highest BCUT2D eigenvalue weighted by Crippen LogP contribution is 2.43. The van der Waals surface area contributed by atoms with Crippen molar-refractivity contribution in [2.45, 2.75) is 24.9 Å². The maximum Gasteiger partial charge on any atom is 0.326 e. The molecule has 0 radical (unpaired) electrons. The zero-order valence-corrected chi connectivity index (χ0v) is 16.0. The Labute approximate surface area is 163 Å². The minimum absolute atomic E-state index is 0.199. The number of rotatable bonds is 7. The standard InChI is InChI=1S/C21H23NO6/c1-26-16-11-14(12-17(27-2)20(16)28-3)19(13-7-5-4-6-8-13)22-15(21(24)25)9-10-18(22)23/h4-8,11-12,15,19H,9-10H2,1-3H3,(H,24,25). The lowest BCUT2D eigenvalue weighted by Crippen LogP contribution is -2.41. The van der Waals surface area contributed by atoms with Crippen molar-refractivity contribution in [1.29, 1.82) is 0 Å². The van der Waals surface area contributed by atoms with Gasteiger partial charge in [-0.05, 0) is 29.7 Å². The van der Waals surface area contributed by atoms with Gasteiger partial charge in [0.15, 0.2) is 11.5 Å². The smallest absolute Gasteiger partial charge is 0.326 e. The van der Waals surface area contributed by atoms with Crippen molar-refractivity contribution in [2.75, 3.05) is 21.3 Å². The van der Waals surface area contributed by atoms with Crippen molar-refractivity contribution in [2.24, 2.45) is 0 Å². The lowest BCUT2D eigenvalue weighted by molar-refractivity contribution is -0.147. The first-order chi connectivity index (χ1) is 13.5. The predicted molar refractivity (Wildman–Crippen MR) is 102 cm³/mol. The zero-order valence-electron chi connectivity index (χ0n) is 16.0. The zero-order chi connectivity index (χ0) is 20.3. The third-order valence-electron chi connectivity index (χ3n) is 4.94. The number of carboxylic acids is 1. The summed E-state index contributed by atoms with van der Waals surface area (Å²) < 4.78 is 16.3. The summed E-state index contributed by atoms with van der Waals surface area (Å²) in [5, 5.41) is 9.66. The van der Waals surface area contributed by atoms with E-state index < -0.39 is 18.1 Å². The normalized spacial score (nSPS) is 17.3. The minimum Gasteiger partial charge on any atom is -0.493 e. The number of methoxy groups -OCH3 is 3. The molecule has 1 N–H and O–H groups in total. The van der Waals surface area contributed by atoms with E-state index in [1.807, 2.05) is 30.3 Å². The first-order valence-corrected chi connectivity index (χ1v) is 8.90. The van der Waals surface area contributed by atoms with Gasteiger partial charge in [-0.1, -0.05) is 30.3 Å². The number of nitrogens with zero attached hydrogens (tertiary/aromatic N) is 1. The number of carbonyl (C=O) groups excluding carboxylic acids is 1. The molecule has 1 saturated heterocycles. The predicted octanol–water partition coefficient (Wildman–Crippen LogP) is 2.88. The molecule has 0 spiro atoms. The highest BCUT2D eigenvalue weighted by molar-refractivity contribution is 5.88. The summed E-state index contributed by atoms with van der Waals surface area (Å²) >= 11 is 0. The molecule has 2 unspecified atom stereocenters. The Morgan fingerprint density at radius 3 is 2.14 bits per heavy atom. The van der Waals surface area contributed by atoms with Crippen LogP contribution >= 0.6 is 0 Å². The number of likely N-dealkylation sites (tertiary alicyclic amines) is 1. The van der Waals surface area contributed by atoms with Crippen LogP contribution in [-0.2, 0) is 9.59 Å². The van der Waals surface area contributed by atoms with E-state index in [0.29, 0.717) is 22.8 Å². The molecule has 2 aromatic carbocycles. The van der Waals surface area contributed by atoms with Gasteiger partial charge in [0, 0.05) is 6.42 Å².